The number of methoxy groups -OCH3 is 1. The quantitative estimate of drug-likeness (QED) is 0.913. The van der Waals surface area contributed by atoms with Crippen LogP contribution >= 0.6 is 0 Å². The van der Waals surface area contributed by atoms with Crippen LogP contribution in [-0.4, -0.2) is 36.6 Å². The zero-order valence-corrected chi connectivity index (χ0v) is 13.7. The summed E-state index contributed by atoms with van der Waals surface area (Å²) in [5, 5.41) is 2.88. The van der Waals surface area contributed by atoms with Gasteiger partial charge in [-0.2, -0.15) is 0 Å². The summed E-state index contributed by atoms with van der Waals surface area (Å²) in [7, 11) is 1.33. The molecule has 0 radical (unpaired) electrons. The highest BCUT2D eigenvalue weighted by atomic mass is 16.5. The van der Waals surface area contributed by atoms with Crippen LogP contribution in [0.5, 0.6) is 0 Å². The van der Waals surface area contributed by atoms with Crippen LogP contribution in [0.1, 0.15) is 39.2 Å². The van der Waals surface area contributed by atoms with Gasteiger partial charge in [-0.1, -0.05) is 32.9 Å². The molecule has 1 atom stereocenters. The highest BCUT2D eigenvalue weighted by Crippen LogP contribution is 2.24. The third kappa shape index (κ3) is 3.59. The largest absolute Gasteiger partial charge is 0.453 e. The van der Waals surface area contributed by atoms with Crippen LogP contribution in [0.15, 0.2) is 24.3 Å². The highest BCUT2D eigenvalue weighted by Gasteiger charge is 2.34. The maximum Gasteiger partial charge on any atom is 0.410 e. The number of amides is 2. The van der Waals surface area contributed by atoms with Gasteiger partial charge in [-0.3, -0.25) is 9.69 Å². The molecular weight excluding hydrogens is 280 g/mol. The van der Waals surface area contributed by atoms with Crippen molar-refractivity contribution >= 4 is 17.7 Å². The van der Waals surface area contributed by atoms with Crippen LogP contribution in [0.2, 0.25) is 0 Å². The van der Waals surface area contributed by atoms with Crippen LogP contribution < -0.4 is 5.32 Å². The molecule has 0 aromatic heterocycles. The number of hydrogen-bond donors (Lipinski definition) is 1. The summed E-state index contributed by atoms with van der Waals surface area (Å²) >= 11 is 0. The van der Waals surface area contributed by atoms with E-state index in [1.54, 1.807) is 0 Å². The van der Waals surface area contributed by atoms with E-state index in [0.29, 0.717) is 13.0 Å². The Morgan fingerprint density at radius 1 is 1.23 bits per heavy atom. The van der Waals surface area contributed by atoms with E-state index in [0.717, 1.165) is 12.1 Å². The van der Waals surface area contributed by atoms with Crippen molar-refractivity contribution in [2.45, 2.75) is 45.1 Å². The van der Waals surface area contributed by atoms with E-state index >= 15 is 0 Å². The summed E-state index contributed by atoms with van der Waals surface area (Å²) < 4.78 is 4.72. The number of hydrogen-bond acceptors (Lipinski definition) is 3. The number of anilines is 1. The molecular formula is C17H24N2O3. The first-order valence-electron chi connectivity index (χ1n) is 7.59. The molecule has 120 valence electrons. The first kappa shape index (κ1) is 16.3. The van der Waals surface area contributed by atoms with Gasteiger partial charge in [0, 0.05) is 12.2 Å². The number of likely N-dealkylation sites (tertiary alicyclic amines) is 1. The molecule has 22 heavy (non-hydrogen) atoms. The second kappa shape index (κ2) is 6.38. The molecule has 1 fully saturated rings. The highest BCUT2D eigenvalue weighted by molar-refractivity contribution is 5.96. The van der Waals surface area contributed by atoms with Gasteiger partial charge in [0.15, 0.2) is 0 Å². The predicted octanol–water partition coefficient (Wildman–Crippen LogP) is 3.15. The van der Waals surface area contributed by atoms with Gasteiger partial charge in [-0.05, 0) is 36.0 Å². The summed E-state index contributed by atoms with van der Waals surface area (Å²) in [5.74, 6) is -0.161. The minimum Gasteiger partial charge on any atom is -0.453 e. The maximum atomic E-state index is 12.4. The molecule has 5 nitrogen and oxygen atoms in total. The molecule has 5 heteroatoms. The lowest BCUT2D eigenvalue weighted by molar-refractivity contribution is -0.119. The Kier molecular flexibility index (Phi) is 4.74. The fourth-order valence-corrected chi connectivity index (χ4v) is 2.65. The van der Waals surface area contributed by atoms with E-state index in [2.05, 4.69) is 26.1 Å². The summed E-state index contributed by atoms with van der Waals surface area (Å²) in [4.78, 5) is 25.5. The molecule has 1 aliphatic heterocycles. The molecule has 1 aliphatic rings. The van der Waals surface area contributed by atoms with Gasteiger partial charge in [-0.15, -0.1) is 0 Å². The van der Waals surface area contributed by atoms with Gasteiger partial charge in [-0.25, -0.2) is 4.79 Å². The minimum absolute atomic E-state index is 0.0790. The Balaban J connectivity index is 2.04. The van der Waals surface area contributed by atoms with Crippen molar-refractivity contribution in [3.8, 4) is 0 Å². The number of benzene rings is 1. The molecule has 1 N–H and O–H groups in total. The van der Waals surface area contributed by atoms with Crippen LogP contribution in [0.3, 0.4) is 0 Å². The number of nitrogens with one attached hydrogen (secondary N) is 1. The Morgan fingerprint density at radius 2 is 1.86 bits per heavy atom. The lowest BCUT2D eigenvalue weighted by Gasteiger charge is -2.23. The smallest absolute Gasteiger partial charge is 0.410 e. The monoisotopic (exact) mass is 304 g/mol. The van der Waals surface area contributed by atoms with Crippen molar-refractivity contribution in [1.29, 1.82) is 0 Å². The van der Waals surface area contributed by atoms with Crippen molar-refractivity contribution in [3.63, 3.8) is 0 Å². The van der Waals surface area contributed by atoms with Crippen molar-refractivity contribution < 1.29 is 14.3 Å². The number of carbonyl (C=O) groups is 2. The topological polar surface area (TPSA) is 58.6 Å². The number of nitrogens with zero attached hydrogens (tertiary/aromatic N) is 1. The van der Waals surface area contributed by atoms with E-state index in [1.807, 2.05) is 24.3 Å². The summed E-state index contributed by atoms with van der Waals surface area (Å²) in [6, 6.07) is 7.38. The second-order valence-electron chi connectivity index (χ2n) is 6.64. The molecule has 1 heterocycles. The van der Waals surface area contributed by atoms with Crippen molar-refractivity contribution in [3.05, 3.63) is 29.8 Å². The maximum absolute atomic E-state index is 12.4. The zero-order valence-electron chi connectivity index (χ0n) is 13.7. The predicted molar refractivity (Wildman–Crippen MR) is 85.9 cm³/mol. The Morgan fingerprint density at radius 3 is 2.41 bits per heavy atom. The van der Waals surface area contributed by atoms with Gasteiger partial charge in [0.25, 0.3) is 0 Å². The van der Waals surface area contributed by atoms with Crippen molar-refractivity contribution in [2.24, 2.45) is 0 Å². The fourth-order valence-electron chi connectivity index (χ4n) is 2.65. The second-order valence-corrected chi connectivity index (χ2v) is 6.64. The van der Waals surface area contributed by atoms with Crippen LogP contribution in [-0.2, 0) is 14.9 Å². The van der Waals surface area contributed by atoms with E-state index in [-0.39, 0.29) is 11.3 Å². The average molecular weight is 304 g/mol. The Hall–Kier alpha value is -2.04. The Bertz CT molecular complexity index is 546. The number of rotatable bonds is 2. The van der Waals surface area contributed by atoms with Gasteiger partial charge >= 0.3 is 6.09 Å². The Labute approximate surface area is 131 Å². The third-order valence-corrected chi connectivity index (χ3v) is 3.98. The standard InChI is InChI=1S/C17H24N2O3/c1-17(2,3)12-7-9-13(10-8-12)18-15(20)14-6-5-11-19(14)16(21)22-4/h7-10,14H,5-6,11H2,1-4H3,(H,18,20). The van der Waals surface area contributed by atoms with Crippen molar-refractivity contribution in [2.75, 3.05) is 19.0 Å². The van der Waals surface area contributed by atoms with Crippen LogP contribution in [0.4, 0.5) is 10.5 Å². The molecule has 1 unspecified atom stereocenters. The van der Waals surface area contributed by atoms with Crippen molar-refractivity contribution in [1.82, 2.24) is 4.90 Å². The molecule has 0 aliphatic carbocycles. The third-order valence-electron chi connectivity index (χ3n) is 3.98. The SMILES string of the molecule is COC(=O)N1CCCC1C(=O)Nc1ccc(C(C)(C)C)cc1. The zero-order chi connectivity index (χ0) is 16.3. The molecule has 0 spiro atoms. The molecule has 1 aromatic rings. The average Bonchev–Trinajstić information content (AvgIpc) is 2.95. The van der Waals surface area contributed by atoms with E-state index in [9.17, 15) is 9.59 Å². The first-order valence-corrected chi connectivity index (χ1v) is 7.59. The lowest BCUT2D eigenvalue weighted by atomic mass is 9.87. The minimum atomic E-state index is -0.449. The van der Waals surface area contributed by atoms with Crippen LogP contribution in [0.25, 0.3) is 0 Å². The first-order chi connectivity index (χ1) is 10.3. The van der Waals surface area contributed by atoms with Gasteiger partial charge in [0.2, 0.25) is 5.91 Å². The summed E-state index contributed by atoms with van der Waals surface area (Å²) in [5.41, 5.74) is 2.03. The fraction of sp³-hybridized carbons (Fsp3) is 0.529. The number of carbonyl (C=O) groups excluding carboxylic acids is 2. The molecule has 0 saturated carbocycles. The lowest BCUT2D eigenvalue weighted by Crippen LogP contribution is -2.43. The summed E-state index contributed by atoms with van der Waals surface area (Å²) in [6.07, 6.45) is 1.04. The molecule has 1 saturated heterocycles. The van der Waals surface area contributed by atoms with Gasteiger partial charge in [0.05, 0.1) is 7.11 Å². The molecule has 0 bridgehead atoms. The van der Waals surface area contributed by atoms with Gasteiger partial charge < -0.3 is 10.1 Å². The molecule has 2 rings (SSSR count). The van der Waals surface area contributed by atoms with E-state index in [1.165, 1.54) is 17.6 Å². The summed E-state index contributed by atoms with van der Waals surface area (Å²) in [6.45, 7) is 7.00. The van der Waals surface area contributed by atoms with E-state index in [4.69, 9.17) is 4.74 Å². The van der Waals surface area contributed by atoms with E-state index < -0.39 is 12.1 Å². The molecule has 2 amide bonds. The van der Waals surface area contributed by atoms with Crippen LogP contribution in [0, 0.1) is 0 Å². The van der Waals surface area contributed by atoms with Gasteiger partial charge in [0.1, 0.15) is 6.04 Å². The molecule has 1 aromatic carbocycles. The number of ether oxygens (including phenoxy) is 1. The normalized spacial score (nSPS) is 18.2.